The molecule has 3 aromatic rings. The molecule has 1 N–H and O–H groups in total. The highest BCUT2D eigenvalue weighted by Gasteiger charge is 2.19. The van der Waals surface area contributed by atoms with Crippen molar-refractivity contribution in [3.8, 4) is 0 Å². The van der Waals surface area contributed by atoms with E-state index in [0.29, 0.717) is 0 Å². The Morgan fingerprint density at radius 1 is 1.00 bits per heavy atom. The zero-order valence-corrected chi connectivity index (χ0v) is 11.3. The van der Waals surface area contributed by atoms with Gasteiger partial charge < -0.3 is 5.11 Å². The maximum Gasteiger partial charge on any atom is 0.105 e. The van der Waals surface area contributed by atoms with Crippen molar-refractivity contribution < 1.29 is 5.11 Å². The molecule has 4 rings (SSSR count). The summed E-state index contributed by atoms with van der Waals surface area (Å²) < 4.78 is 0. The number of aliphatic hydroxyl groups excluding tert-OH is 1. The highest BCUT2D eigenvalue weighted by molar-refractivity contribution is 7.08. The van der Waals surface area contributed by atoms with E-state index < -0.39 is 6.10 Å². The van der Waals surface area contributed by atoms with E-state index in [1.54, 1.807) is 11.3 Å². The molecule has 0 saturated heterocycles. The lowest BCUT2D eigenvalue weighted by Crippen LogP contribution is -1.99. The summed E-state index contributed by atoms with van der Waals surface area (Å²) in [5, 5.41) is 17.2. The average molecular weight is 266 g/mol. The molecule has 0 amide bonds. The van der Waals surface area contributed by atoms with Crippen LogP contribution < -0.4 is 0 Å². The van der Waals surface area contributed by atoms with Crippen molar-refractivity contribution in [1.29, 1.82) is 0 Å². The lowest BCUT2D eigenvalue weighted by molar-refractivity contribution is 0.222. The third-order valence-corrected chi connectivity index (χ3v) is 4.77. The van der Waals surface area contributed by atoms with Gasteiger partial charge in [0, 0.05) is 0 Å². The van der Waals surface area contributed by atoms with E-state index >= 15 is 0 Å². The second-order valence-corrected chi connectivity index (χ2v) is 5.89. The first-order valence-electron chi connectivity index (χ1n) is 6.58. The van der Waals surface area contributed by atoms with Gasteiger partial charge in [-0.25, -0.2) is 0 Å². The Morgan fingerprint density at radius 2 is 1.84 bits per heavy atom. The van der Waals surface area contributed by atoms with Crippen LogP contribution in [-0.4, -0.2) is 5.11 Å². The molecule has 0 saturated carbocycles. The Balaban J connectivity index is 1.97. The average Bonchev–Trinajstić information content (AvgIpc) is 3.09. The largest absolute Gasteiger partial charge is 0.384 e. The molecule has 0 bridgehead atoms. The molecule has 1 aliphatic carbocycles. The smallest absolute Gasteiger partial charge is 0.105 e. The summed E-state index contributed by atoms with van der Waals surface area (Å²) in [6.45, 7) is 0. The molecule has 0 spiro atoms. The number of benzene rings is 2. The minimum absolute atomic E-state index is 0.517. The number of hydrogen-bond donors (Lipinski definition) is 1. The Hall–Kier alpha value is -1.64. The highest BCUT2D eigenvalue weighted by atomic mass is 32.1. The predicted molar refractivity (Wildman–Crippen MR) is 79.7 cm³/mol. The molecule has 1 nitrogen and oxygen atoms in total. The van der Waals surface area contributed by atoms with Crippen molar-refractivity contribution in [1.82, 2.24) is 0 Å². The second-order valence-electron chi connectivity index (χ2n) is 5.11. The van der Waals surface area contributed by atoms with Gasteiger partial charge in [0.05, 0.1) is 0 Å². The van der Waals surface area contributed by atoms with Gasteiger partial charge in [0.2, 0.25) is 0 Å². The third kappa shape index (κ3) is 1.64. The molecule has 1 unspecified atom stereocenters. The summed E-state index contributed by atoms with van der Waals surface area (Å²) in [7, 11) is 0. The van der Waals surface area contributed by atoms with Crippen molar-refractivity contribution in [3.05, 3.63) is 69.4 Å². The van der Waals surface area contributed by atoms with Gasteiger partial charge >= 0.3 is 0 Å². The first-order chi connectivity index (χ1) is 9.34. The van der Waals surface area contributed by atoms with Gasteiger partial charge in [0.15, 0.2) is 0 Å². The van der Waals surface area contributed by atoms with Crippen LogP contribution in [0, 0.1) is 0 Å². The van der Waals surface area contributed by atoms with E-state index in [2.05, 4.69) is 30.3 Å². The van der Waals surface area contributed by atoms with Crippen LogP contribution in [0.5, 0.6) is 0 Å². The van der Waals surface area contributed by atoms with Crippen LogP contribution in [0.3, 0.4) is 0 Å². The van der Waals surface area contributed by atoms with Crippen LogP contribution >= 0.6 is 11.3 Å². The van der Waals surface area contributed by atoms with Crippen LogP contribution in [0.2, 0.25) is 0 Å². The van der Waals surface area contributed by atoms with E-state index in [4.69, 9.17) is 0 Å². The summed E-state index contributed by atoms with van der Waals surface area (Å²) in [6.07, 6.45) is 1.74. The zero-order valence-electron chi connectivity index (χ0n) is 10.5. The summed E-state index contributed by atoms with van der Waals surface area (Å²) in [6, 6.07) is 12.7. The second kappa shape index (κ2) is 4.19. The molecule has 0 aliphatic heterocycles. The predicted octanol–water partition coefficient (Wildman–Crippen LogP) is 4.08. The summed E-state index contributed by atoms with van der Waals surface area (Å²) in [5.41, 5.74) is 4.86. The number of aryl methyl sites for hydroxylation is 2. The molecule has 1 aromatic heterocycles. The minimum Gasteiger partial charge on any atom is -0.384 e. The number of hydrogen-bond acceptors (Lipinski definition) is 2. The fraction of sp³-hybridized carbons (Fsp3) is 0.176. The Kier molecular flexibility index (Phi) is 2.47. The SMILES string of the molecule is OC(c1ccsc1)c1ccc2c3c(cccc13)CC2. The van der Waals surface area contributed by atoms with Crippen LogP contribution in [0.15, 0.2) is 47.2 Å². The fourth-order valence-corrected chi connectivity index (χ4v) is 3.80. The van der Waals surface area contributed by atoms with Gasteiger partial charge in [0.25, 0.3) is 0 Å². The van der Waals surface area contributed by atoms with Crippen LogP contribution in [0.4, 0.5) is 0 Å². The molecule has 2 heteroatoms. The van der Waals surface area contributed by atoms with E-state index in [9.17, 15) is 5.11 Å². The molecule has 1 aliphatic rings. The maximum atomic E-state index is 10.6. The summed E-state index contributed by atoms with van der Waals surface area (Å²) in [4.78, 5) is 0. The fourth-order valence-electron chi connectivity index (χ4n) is 3.12. The van der Waals surface area contributed by atoms with Crippen molar-refractivity contribution in [2.45, 2.75) is 18.9 Å². The highest BCUT2D eigenvalue weighted by Crippen LogP contribution is 2.36. The van der Waals surface area contributed by atoms with Gasteiger partial charge in [-0.3, -0.25) is 0 Å². The lowest BCUT2D eigenvalue weighted by atomic mass is 9.94. The quantitative estimate of drug-likeness (QED) is 0.741. The topological polar surface area (TPSA) is 20.2 Å². The Bertz CT molecular complexity index is 733. The van der Waals surface area contributed by atoms with Crippen molar-refractivity contribution in [2.24, 2.45) is 0 Å². The van der Waals surface area contributed by atoms with E-state index in [-0.39, 0.29) is 0 Å². The Morgan fingerprint density at radius 3 is 2.63 bits per heavy atom. The third-order valence-electron chi connectivity index (χ3n) is 4.06. The van der Waals surface area contributed by atoms with E-state index in [1.165, 1.54) is 21.9 Å². The van der Waals surface area contributed by atoms with Crippen LogP contribution in [0.25, 0.3) is 10.8 Å². The van der Waals surface area contributed by atoms with Crippen molar-refractivity contribution in [2.75, 3.05) is 0 Å². The molecular weight excluding hydrogens is 252 g/mol. The molecule has 94 valence electrons. The molecule has 1 heterocycles. The van der Waals surface area contributed by atoms with Crippen molar-refractivity contribution in [3.63, 3.8) is 0 Å². The number of aliphatic hydroxyl groups is 1. The van der Waals surface area contributed by atoms with E-state index in [0.717, 1.165) is 24.0 Å². The normalized spacial score (nSPS) is 15.0. The first-order valence-corrected chi connectivity index (χ1v) is 7.52. The zero-order chi connectivity index (χ0) is 12.8. The lowest BCUT2D eigenvalue weighted by Gasteiger charge is -2.14. The maximum absolute atomic E-state index is 10.6. The van der Waals surface area contributed by atoms with Gasteiger partial charge in [-0.1, -0.05) is 30.3 Å². The van der Waals surface area contributed by atoms with Gasteiger partial charge in [-0.15, -0.1) is 0 Å². The van der Waals surface area contributed by atoms with E-state index in [1.807, 2.05) is 16.8 Å². The molecule has 0 radical (unpaired) electrons. The molecular formula is C17H14OS. The molecule has 1 atom stereocenters. The molecule has 2 aromatic carbocycles. The Labute approximate surface area is 116 Å². The summed E-state index contributed by atoms with van der Waals surface area (Å²) in [5.74, 6) is 0. The minimum atomic E-state index is -0.517. The van der Waals surface area contributed by atoms with Gasteiger partial charge in [0.1, 0.15) is 6.10 Å². The molecule has 19 heavy (non-hydrogen) atoms. The number of thiophene rings is 1. The van der Waals surface area contributed by atoms with Crippen LogP contribution in [0.1, 0.15) is 28.4 Å². The van der Waals surface area contributed by atoms with Crippen molar-refractivity contribution >= 4 is 22.1 Å². The number of rotatable bonds is 2. The van der Waals surface area contributed by atoms with Crippen LogP contribution in [-0.2, 0) is 12.8 Å². The molecule has 0 fully saturated rings. The van der Waals surface area contributed by atoms with Gasteiger partial charge in [-0.05, 0) is 62.7 Å². The standard InChI is InChI=1S/C17H14OS/c18-17(13-8-9-19-10-13)15-7-6-12-5-4-11-2-1-3-14(15)16(11)12/h1-3,6-10,17-18H,4-5H2. The summed E-state index contributed by atoms with van der Waals surface area (Å²) >= 11 is 1.63. The monoisotopic (exact) mass is 266 g/mol. The first kappa shape index (κ1) is 11.2. The van der Waals surface area contributed by atoms with Gasteiger partial charge in [-0.2, -0.15) is 11.3 Å².